The number of nitrogens with zero attached hydrogens (tertiary/aromatic N) is 4. The van der Waals surface area contributed by atoms with Gasteiger partial charge in [-0.2, -0.15) is 15.0 Å². The van der Waals surface area contributed by atoms with Gasteiger partial charge in [-0.15, -0.1) is 0 Å². The maximum Gasteiger partial charge on any atom is 0.232 e. The summed E-state index contributed by atoms with van der Waals surface area (Å²) in [6.45, 7) is 0. The van der Waals surface area contributed by atoms with Gasteiger partial charge in [0.05, 0.1) is 4.90 Å². The standard InChI is InChI=1S/C11H13N7O3S/c1-22(20,21)7-4-2-3-6(5-7)14-11-16-9(8(12)18-19)15-10(13)17-11/h2-5,19H,1H3,(H2,12,18)(H3,13,14,15,16,17). The number of nitrogens with two attached hydrogens (primary N) is 2. The number of hydrogen-bond acceptors (Lipinski definition) is 9. The highest BCUT2D eigenvalue weighted by molar-refractivity contribution is 7.90. The summed E-state index contributed by atoms with van der Waals surface area (Å²) in [5, 5.41) is 14.2. The highest BCUT2D eigenvalue weighted by Crippen LogP contribution is 2.18. The molecule has 1 heterocycles. The first-order valence-corrected chi connectivity index (χ1v) is 7.75. The van der Waals surface area contributed by atoms with Crippen LogP contribution in [0.25, 0.3) is 0 Å². The molecule has 0 unspecified atom stereocenters. The summed E-state index contributed by atoms with van der Waals surface area (Å²) < 4.78 is 23.0. The maximum absolute atomic E-state index is 11.5. The van der Waals surface area contributed by atoms with Gasteiger partial charge in [0.1, 0.15) is 0 Å². The van der Waals surface area contributed by atoms with E-state index in [2.05, 4.69) is 25.4 Å². The van der Waals surface area contributed by atoms with E-state index in [1.54, 1.807) is 12.1 Å². The first kappa shape index (κ1) is 15.4. The minimum absolute atomic E-state index is 0.0275. The van der Waals surface area contributed by atoms with E-state index in [4.69, 9.17) is 16.7 Å². The number of benzene rings is 1. The van der Waals surface area contributed by atoms with Gasteiger partial charge >= 0.3 is 0 Å². The lowest BCUT2D eigenvalue weighted by atomic mass is 10.3. The predicted octanol–water partition coefficient (Wildman–Crippen LogP) is -0.305. The molecule has 0 aliphatic rings. The second kappa shape index (κ2) is 5.81. The fraction of sp³-hybridized carbons (Fsp3) is 0.0909. The van der Waals surface area contributed by atoms with E-state index in [1.165, 1.54) is 12.1 Å². The summed E-state index contributed by atoms with van der Waals surface area (Å²) in [7, 11) is -3.34. The topological polar surface area (TPSA) is 169 Å². The van der Waals surface area contributed by atoms with Crippen molar-refractivity contribution in [3.63, 3.8) is 0 Å². The monoisotopic (exact) mass is 323 g/mol. The van der Waals surface area contributed by atoms with E-state index in [-0.39, 0.29) is 28.5 Å². The Balaban J connectivity index is 2.37. The van der Waals surface area contributed by atoms with Crippen molar-refractivity contribution in [1.82, 2.24) is 15.0 Å². The molecule has 0 aliphatic carbocycles. The van der Waals surface area contributed by atoms with Crippen LogP contribution in [0.4, 0.5) is 17.6 Å². The number of amidine groups is 1. The van der Waals surface area contributed by atoms with Crippen molar-refractivity contribution in [3.8, 4) is 0 Å². The van der Waals surface area contributed by atoms with Gasteiger partial charge in [-0.25, -0.2) is 8.42 Å². The second-order valence-corrected chi connectivity index (χ2v) is 6.27. The van der Waals surface area contributed by atoms with Crippen LogP contribution in [-0.2, 0) is 9.84 Å². The molecule has 0 aliphatic heterocycles. The van der Waals surface area contributed by atoms with Crippen LogP contribution in [0.2, 0.25) is 0 Å². The zero-order valence-electron chi connectivity index (χ0n) is 11.4. The van der Waals surface area contributed by atoms with Crippen molar-refractivity contribution in [3.05, 3.63) is 30.1 Å². The lowest BCUT2D eigenvalue weighted by molar-refractivity contribution is 0.318. The largest absolute Gasteiger partial charge is 0.409 e. The molecule has 0 saturated heterocycles. The van der Waals surface area contributed by atoms with E-state index in [0.717, 1.165) is 6.26 Å². The number of anilines is 3. The Hall–Kier alpha value is -2.95. The van der Waals surface area contributed by atoms with E-state index < -0.39 is 9.84 Å². The van der Waals surface area contributed by atoms with Crippen molar-refractivity contribution >= 4 is 33.3 Å². The van der Waals surface area contributed by atoms with Crippen LogP contribution >= 0.6 is 0 Å². The number of sulfone groups is 1. The summed E-state index contributed by atoms with van der Waals surface area (Å²) in [5.41, 5.74) is 11.3. The van der Waals surface area contributed by atoms with Gasteiger partial charge in [-0.3, -0.25) is 0 Å². The Bertz CT molecular complexity index is 835. The highest BCUT2D eigenvalue weighted by atomic mass is 32.2. The molecule has 0 fully saturated rings. The number of nitrogens with one attached hydrogen (secondary N) is 1. The van der Waals surface area contributed by atoms with Crippen LogP contribution in [0, 0.1) is 0 Å². The predicted molar refractivity (Wildman–Crippen MR) is 79.6 cm³/mol. The zero-order valence-corrected chi connectivity index (χ0v) is 12.2. The van der Waals surface area contributed by atoms with E-state index >= 15 is 0 Å². The number of nitrogen functional groups attached to an aromatic ring is 1. The smallest absolute Gasteiger partial charge is 0.232 e. The van der Waals surface area contributed by atoms with Crippen LogP contribution in [0.15, 0.2) is 34.3 Å². The van der Waals surface area contributed by atoms with Crippen molar-refractivity contribution in [2.75, 3.05) is 17.3 Å². The molecule has 10 nitrogen and oxygen atoms in total. The normalized spacial score (nSPS) is 12.1. The Kier molecular flexibility index (Phi) is 4.08. The molecular weight excluding hydrogens is 310 g/mol. The summed E-state index contributed by atoms with van der Waals surface area (Å²) >= 11 is 0. The van der Waals surface area contributed by atoms with Crippen LogP contribution in [0.1, 0.15) is 5.82 Å². The molecule has 6 N–H and O–H groups in total. The van der Waals surface area contributed by atoms with Crippen LogP contribution < -0.4 is 16.8 Å². The van der Waals surface area contributed by atoms with E-state index in [0.29, 0.717) is 5.69 Å². The van der Waals surface area contributed by atoms with Gasteiger partial charge in [0, 0.05) is 11.9 Å². The molecule has 0 bridgehead atoms. The van der Waals surface area contributed by atoms with Gasteiger partial charge < -0.3 is 22.0 Å². The van der Waals surface area contributed by atoms with Gasteiger partial charge in [0.15, 0.2) is 9.84 Å². The first-order chi connectivity index (χ1) is 10.3. The maximum atomic E-state index is 11.5. The third-order valence-corrected chi connectivity index (χ3v) is 3.62. The summed E-state index contributed by atoms with van der Waals surface area (Å²) in [6.07, 6.45) is 1.10. The van der Waals surface area contributed by atoms with Gasteiger partial charge in [-0.1, -0.05) is 11.2 Å². The second-order valence-electron chi connectivity index (χ2n) is 4.25. The summed E-state index contributed by atoms with van der Waals surface area (Å²) in [5.74, 6) is -0.558. The molecule has 2 rings (SSSR count). The Labute approximate surface area is 125 Å². The number of hydrogen-bond donors (Lipinski definition) is 4. The molecule has 2 aromatic rings. The zero-order chi connectivity index (χ0) is 16.3. The number of rotatable bonds is 4. The number of oxime groups is 1. The van der Waals surface area contributed by atoms with Crippen LogP contribution in [0.3, 0.4) is 0 Å². The van der Waals surface area contributed by atoms with Crippen molar-refractivity contribution in [2.45, 2.75) is 4.90 Å². The molecular formula is C11H13N7O3S. The van der Waals surface area contributed by atoms with Crippen molar-refractivity contribution in [2.24, 2.45) is 10.9 Å². The fourth-order valence-corrected chi connectivity index (χ4v) is 2.21. The molecule has 116 valence electrons. The third kappa shape index (κ3) is 3.58. The van der Waals surface area contributed by atoms with Crippen LogP contribution in [-0.4, -0.2) is 40.7 Å². The Morgan fingerprint density at radius 2 is 2.05 bits per heavy atom. The molecule has 0 saturated carbocycles. The lowest BCUT2D eigenvalue weighted by Gasteiger charge is -2.07. The quantitative estimate of drug-likeness (QED) is 0.255. The van der Waals surface area contributed by atoms with Crippen LogP contribution in [0.5, 0.6) is 0 Å². The lowest BCUT2D eigenvalue weighted by Crippen LogP contribution is -2.19. The molecule has 1 aromatic carbocycles. The average Bonchev–Trinajstić information content (AvgIpc) is 2.45. The van der Waals surface area contributed by atoms with Crippen molar-refractivity contribution < 1.29 is 13.6 Å². The molecule has 0 radical (unpaired) electrons. The first-order valence-electron chi connectivity index (χ1n) is 5.86. The molecule has 0 spiro atoms. The minimum atomic E-state index is -3.34. The fourth-order valence-electron chi connectivity index (χ4n) is 1.54. The molecule has 0 amide bonds. The van der Waals surface area contributed by atoms with E-state index in [9.17, 15) is 8.42 Å². The van der Waals surface area contributed by atoms with Crippen molar-refractivity contribution in [1.29, 1.82) is 0 Å². The Morgan fingerprint density at radius 3 is 2.68 bits per heavy atom. The van der Waals surface area contributed by atoms with Gasteiger partial charge in [0.2, 0.25) is 23.6 Å². The molecule has 11 heteroatoms. The highest BCUT2D eigenvalue weighted by Gasteiger charge is 2.11. The Morgan fingerprint density at radius 1 is 1.32 bits per heavy atom. The average molecular weight is 323 g/mol. The summed E-state index contributed by atoms with van der Waals surface area (Å²) in [6, 6.07) is 6.06. The SMILES string of the molecule is CS(=O)(=O)c1cccc(Nc2nc(N)nc(/C(N)=N/O)n2)c1. The molecule has 1 aromatic heterocycles. The third-order valence-electron chi connectivity index (χ3n) is 2.51. The van der Waals surface area contributed by atoms with E-state index in [1.807, 2.05) is 0 Å². The minimum Gasteiger partial charge on any atom is -0.409 e. The van der Waals surface area contributed by atoms with Gasteiger partial charge in [-0.05, 0) is 18.2 Å². The van der Waals surface area contributed by atoms with Gasteiger partial charge in [0.25, 0.3) is 0 Å². The molecule has 22 heavy (non-hydrogen) atoms. The number of aromatic nitrogens is 3. The molecule has 0 atom stereocenters. The summed E-state index contributed by atoms with van der Waals surface area (Å²) in [4.78, 5) is 11.6.